The van der Waals surface area contributed by atoms with Crippen molar-refractivity contribution in [2.75, 3.05) is 33.7 Å². The first-order valence-corrected chi connectivity index (χ1v) is 8.17. The summed E-state index contributed by atoms with van der Waals surface area (Å²) >= 11 is 0. The third-order valence-electron chi connectivity index (χ3n) is 4.42. The van der Waals surface area contributed by atoms with Crippen LogP contribution in [-0.2, 0) is 0 Å². The van der Waals surface area contributed by atoms with Crippen molar-refractivity contribution in [3.8, 4) is 0 Å². The smallest absolute Gasteiger partial charge is 0.319 e. The highest BCUT2D eigenvalue weighted by atomic mass is 16.2. The van der Waals surface area contributed by atoms with Crippen molar-refractivity contribution in [2.45, 2.75) is 26.3 Å². The van der Waals surface area contributed by atoms with Crippen molar-refractivity contribution >= 4 is 17.7 Å². The molecule has 3 rings (SSSR count). The molecule has 0 saturated carbocycles. The minimum absolute atomic E-state index is 0.0501. The van der Waals surface area contributed by atoms with Crippen molar-refractivity contribution < 1.29 is 9.59 Å². The maximum atomic E-state index is 13.0. The van der Waals surface area contributed by atoms with E-state index in [4.69, 9.17) is 0 Å². The van der Waals surface area contributed by atoms with Crippen LogP contribution in [0.4, 0.5) is 4.79 Å². The van der Waals surface area contributed by atoms with Gasteiger partial charge in [0.15, 0.2) is 0 Å². The van der Waals surface area contributed by atoms with Gasteiger partial charge in [0, 0.05) is 45.6 Å². The minimum atomic E-state index is -0.513. The fraction of sp³-hybridized carbons (Fsp3) is 0.562. The first-order chi connectivity index (χ1) is 11.7. The molecule has 0 unspecified atom stereocenters. The highest BCUT2D eigenvalue weighted by Crippen LogP contribution is 2.23. The number of urea groups is 1. The largest absolute Gasteiger partial charge is 0.331 e. The Morgan fingerprint density at radius 1 is 1.24 bits per heavy atom. The molecule has 9 nitrogen and oxygen atoms in total. The summed E-state index contributed by atoms with van der Waals surface area (Å²) in [5, 5.41) is 4.30. The molecule has 0 aliphatic carbocycles. The second kappa shape index (κ2) is 5.98. The molecule has 1 aliphatic rings. The second-order valence-corrected chi connectivity index (χ2v) is 7.10. The molecule has 3 heterocycles. The van der Waals surface area contributed by atoms with E-state index >= 15 is 0 Å². The highest BCUT2D eigenvalue weighted by molar-refractivity contribution is 5.91. The van der Waals surface area contributed by atoms with E-state index in [2.05, 4.69) is 15.1 Å². The van der Waals surface area contributed by atoms with E-state index in [1.54, 1.807) is 39.5 Å². The molecule has 3 amide bonds. The van der Waals surface area contributed by atoms with Crippen molar-refractivity contribution in [3.05, 3.63) is 23.8 Å². The summed E-state index contributed by atoms with van der Waals surface area (Å²) in [5.74, 6) is 0.289. The third kappa shape index (κ3) is 3.01. The quantitative estimate of drug-likeness (QED) is 0.757. The predicted octanol–water partition coefficient (Wildman–Crippen LogP) is 0.651. The lowest BCUT2D eigenvalue weighted by atomic mass is 9.98. The number of amides is 3. The zero-order valence-corrected chi connectivity index (χ0v) is 15.2. The van der Waals surface area contributed by atoms with E-state index in [1.165, 1.54) is 0 Å². The Morgan fingerprint density at radius 2 is 1.96 bits per heavy atom. The second-order valence-electron chi connectivity index (χ2n) is 7.10. The number of hydrogen-bond donors (Lipinski definition) is 0. The molecular weight excluding hydrogens is 322 g/mol. The van der Waals surface area contributed by atoms with Gasteiger partial charge in [0.1, 0.15) is 0 Å². The number of aryl methyl sites for hydroxylation is 1. The first-order valence-electron chi connectivity index (χ1n) is 8.17. The zero-order chi connectivity index (χ0) is 18.4. The van der Waals surface area contributed by atoms with Crippen LogP contribution in [0.1, 0.15) is 30.2 Å². The summed E-state index contributed by atoms with van der Waals surface area (Å²) in [6, 6.07) is 1.76. The Kier molecular flexibility index (Phi) is 4.09. The molecule has 0 atom stereocenters. The molecular formula is C16H23N7O2. The molecule has 1 saturated heterocycles. The summed E-state index contributed by atoms with van der Waals surface area (Å²) < 4.78 is 1.56. The Labute approximate surface area is 146 Å². The van der Waals surface area contributed by atoms with Crippen LogP contribution in [0.2, 0.25) is 0 Å². The Morgan fingerprint density at radius 3 is 2.56 bits per heavy atom. The van der Waals surface area contributed by atoms with Crippen LogP contribution < -0.4 is 0 Å². The number of nitrogens with zero attached hydrogens (tertiary/aromatic N) is 7. The molecule has 0 N–H and O–H groups in total. The van der Waals surface area contributed by atoms with E-state index in [9.17, 15) is 9.59 Å². The number of fused-ring (bicyclic) bond motifs is 1. The van der Waals surface area contributed by atoms with Gasteiger partial charge < -0.3 is 14.7 Å². The maximum Gasteiger partial charge on any atom is 0.319 e. The third-order valence-corrected chi connectivity index (χ3v) is 4.42. The summed E-state index contributed by atoms with van der Waals surface area (Å²) in [5.41, 5.74) is 0.346. The van der Waals surface area contributed by atoms with Crippen molar-refractivity contribution in [3.63, 3.8) is 0 Å². The molecule has 0 bridgehead atoms. The van der Waals surface area contributed by atoms with Gasteiger partial charge in [-0.15, -0.1) is 5.10 Å². The van der Waals surface area contributed by atoms with Crippen LogP contribution in [0, 0.1) is 6.92 Å². The molecule has 25 heavy (non-hydrogen) atoms. The fourth-order valence-corrected chi connectivity index (χ4v) is 3.10. The van der Waals surface area contributed by atoms with Crippen LogP contribution in [-0.4, -0.2) is 85.5 Å². The van der Waals surface area contributed by atoms with Gasteiger partial charge >= 0.3 is 6.03 Å². The van der Waals surface area contributed by atoms with E-state index in [0.29, 0.717) is 25.4 Å². The van der Waals surface area contributed by atoms with Crippen LogP contribution in [0.5, 0.6) is 0 Å². The lowest BCUT2D eigenvalue weighted by Gasteiger charge is -2.47. The highest BCUT2D eigenvalue weighted by Gasteiger charge is 2.40. The van der Waals surface area contributed by atoms with Gasteiger partial charge in [-0.05, 0) is 26.8 Å². The topological polar surface area (TPSA) is 86.9 Å². The summed E-state index contributed by atoms with van der Waals surface area (Å²) in [6.07, 6.45) is 1.64. The Bertz CT molecular complexity index is 827. The SMILES string of the molecule is Cc1ccnc2nc(C(=O)N3CCN(C(=O)N(C)C)CC3(C)C)nn12. The van der Waals surface area contributed by atoms with E-state index in [0.717, 1.165) is 5.69 Å². The average Bonchev–Trinajstić information content (AvgIpc) is 2.98. The number of rotatable bonds is 1. The van der Waals surface area contributed by atoms with E-state index in [1.807, 2.05) is 26.8 Å². The summed E-state index contributed by atoms with van der Waals surface area (Å²) in [4.78, 5) is 38.6. The standard InChI is InChI=1S/C16H23N7O2/c1-11-6-7-17-14-18-12(19-23(11)14)13(24)22-9-8-21(10-16(22,2)3)15(25)20(4)5/h6-7H,8-10H2,1-5H3. The van der Waals surface area contributed by atoms with Gasteiger partial charge in [0.2, 0.25) is 5.82 Å². The molecule has 2 aromatic rings. The normalized spacial score (nSPS) is 17.0. The Balaban J connectivity index is 1.84. The predicted molar refractivity (Wildman–Crippen MR) is 91.3 cm³/mol. The van der Waals surface area contributed by atoms with Crippen LogP contribution in [0.15, 0.2) is 12.3 Å². The van der Waals surface area contributed by atoms with Crippen LogP contribution >= 0.6 is 0 Å². The summed E-state index contributed by atoms with van der Waals surface area (Å²) in [6.45, 7) is 7.15. The average molecular weight is 345 g/mol. The van der Waals surface area contributed by atoms with Gasteiger partial charge in [0.05, 0.1) is 5.54 Å². The maximum absolute atomic E-state index is 13.0. The number of piperazine rings is 1. The van der Waals surface area contributed by atoms with Crippen molar-refractivity contribution in [2.24, 2.45) is 0 Å². The molecule has 0 radical (unpaired) electrons. The van der Waals surface area contributed by atoms with E-state index < -0.39 is 5.54 Å². The number of aromatic nitrogens is 4. The van der Waals surface area contributed by atoms with Gasteiger partial charge in [-0.3, -0.25) is 4.79 Å². The molecule has 1 fully saturated rings. The van der Waals surface area contributed by atoms with Crippen LogP contribution in [0.25, 0.3) is 5.78 Å². The first kappa shape index (κ1) is 17.1. The summed E-state index contributed by atoms with van der Waals surface area (Å²) in [7, 11) is 3.45. The number of hydrogen-bond acceptors (Lipinski definition) is 5. The number of carbonyl (C=O) groups excluding carboxylic acids is 2. The van der Waals surface area contributed by atoms with Gasteiger partial charge in [-0.25, -0.2) is 14.3 Å². The number of carbonyl (C=O) groups is 2. The van der Waals surface area contributed by atoms with E-state index in [-0.39, 0.29) is 17.8 Å². The zero-order valence-electron chi connectivity index (χ0n) is 15.2. The lowest BCUT2D eigenvalue weighted by molar-refractivity contribution is 0.0231. The molecule has 2 aromatic heterocycles. The molecule has 1 aliphatic heterocycles. The molecule has 0 aromatic carbocycles. The monoisotopic (exact) mass is 345 g/mol. The lowest BCUT2D eigenvalue weighted by Crippen LogP contribution is -2.63. The van der Waals surface area contributed by atoms with Crippen molar-refractivity contribution in [1.82, 2.24) is 34.3 Å². The Hall–Kier alpha value is -2.71. The molecule has 9 heteroatoms. The van der Waals surface area contributed by atoms with Gasteiger partial charge in [-0.2, -0.15) is 4.98 Å². The van der Waals surface area contributed by atoms with Gasteiger partial charge in [-0.1, -0.05) is 0 Å². The minimum Gasteiger partial charge on any atom is -0.331 e. The van der Waals surface area contributed by atoms with Crippen LogP contribution in [0.3, 0.4) is 0 Å². The molecule has 0 spiro atoms. The van der Waals surface area contributed by atoms with Gasteiger partial charge in [0.25, 0.3) is 11.7 Å². The fourth-order valence-electron chi connectivity index (χ4n) is 3.10. The van der Waals surface area contributed by atoms with Crippen molar-refractivity contribution in [1.29, 1.82) is 0 Å². The molecule has 134 valence electrons.